The van der Waals surface area contributed by atoms with Crippen LogP contribution in [0.3, 0.4) is 0 Å². The number of anilines is 2. The molecule has 0 aromatic heterocycles. The smallest absolute Gasteiger partial charge is 0.244 e. The topological polar surface area (TPSA) is 87.3 Å². The first kappa shape index (κ1) is 19.0. The molecule has 0 radical (unpaired) electrons. The molecule has 0 bridgehead atoms. The molecule has 3 N–H and O–H groups in total. The molecule has 1 saturated carbocycles. The maximum absolute atomic E-state index is 13.0. The zero-order valence-electron chi connectivity index (χ0n) is 15.9. The van der Waals surface area contributed by atoms with E-state index >= 15 is 0 Å². The average molecular weight is 400 g/mol. The van der Waals surface area contributed by atoms with E-state index in [9.17, 15) is 13.2 Å². The second-order valence-electron chi connectivity index (χ2n) is 7.58. The highest BCUT2D eigenvalue weighted by Gasteiger charge is 2.34. The van der Waals surface area contributed by atoms with Crippen LogP contribution in [0.25, 0.3) is 11.1 Å². The van der Waals surface area contributed by atoms with E-state index in [0.29, 0.717) is 17.3 Å². The van der Waals surface area contributed by atoms with E-state index in [1.54, 1.807) is 12.1 Å². The molecule has 1 unspecified atom stereocenters. The van der Waals surface area contributed by atoms with Crippen molar-refractivity contribution >= 4 is 27.3 Å². The van der Waals surface area contributed by atoms with Gasteiger partial charge >= 0.3 is 0 Å². The van der Waals surface area contributed by atoms with Crippen molar-refractivity contribution in [2.24, 2.45) is 5.92 Å². The van der Waals surface area contributed by atoms with E-state index in [0.717, 1.165) is 36.8 Å². The fourth-order valence-corrected chi connectivity index (χ4v) is 5.59. The van der Waals surface area contributed by atoms with Crippen LogP contribution in [0.2, 0.25) is 0 Å². The maximum atomic E-state index is 13.0. The van der Waals surface area contributed by atoms with Crippen LogP contribution in [0.1, 0.15) is 39.0 Å². The predicted molar refractivity (Wildman–Crippen MR) is 110 cm³/mol. The van der Waals surface area contributed by atoms with Crippen molar-refractivity contribution in [2.45, 2.75) is 50.1 Å². The van der Waals surface area contributed by atoms with Gasteiger partial charge in [0.25, 0.3) is 0 Å². The van der Waals surface area contributed by atoms with Crippen LogP contribution < -0.4 is 15.4 Å². The summed E-state index contributed by atoms with van der Waals surface area (Å²) in [4.78, 5) is 11.7. The number of rotatable bonds is 3. The molecule has 0 saturated heterocycles. The van der Waals surface area contributed by atoms with E-state index in [1.807, 2.05) is 30.3 Å². The summed E-state index contributed by atoms with van der Waals surface area (Å²) in [7, 11) is -3.61. The van der Waals surface area contributed by atoms with Crippen LogP contribution in [0.4, 0.5) is 11.4 Å². The predicted octanol–water partition coefficient (Wildman–Crippen LogP) is 3.92. The van der Waals surface area contributed by atoms with Crippen LogP contribution >= 0.6 is 0 Å². The number of amides is 1. The van der Waals surface area contributed by atoms with E-state index < -0.39 is 10.0 Å². The van der Waals surface area contributed by atoms with Gasteiger partial charge in [-0.15, -0.1) is 0 Å². The Labute approximate surface area is 165 Å². The molecule has 1 aliphatic heterocycles. The Kier molecular flexibility index (Phi) is 5.12. The van der Waals surface area contributed by atoms with Crippen molar-refractivity contribution in [1.82, 2.24) is 4.72 Å². The van der Waals surface area contributed by atoms with Crippen LogP contribution in [-0.2, 0) is 14.8 Å². The van der Waals surface area contributed by atoms with Gasteiger partial charge in [0.05, 0.1) is 11.9 Å². The number of hydrogen-bond acceptors (Lipinski definition) is 4. The van der Waals surface area contributed by atoms with Crippen molar-refractivity contribution in [2.75, 3.05) is 10.6 Å². The van der Waals surface area contributed by atoms with E-state index in [-0.39, 0.29) is 17.0 Å². The summed E-state index contributed by atoms with van der Waals surface area (Å²) in [6.07, 6.45) is 5.35. The molecule has 7 heteroatoms. The van der Waals surface area contributed by atoms with Crippen LogP contribution in [0, 0.1) is 5.92 Å². The number of sulfonamides is 1. The third-order valence-corrected chi connectivity index (χ3v) is 7.02. The Morgan fingerprint density at radius 3 is 2.57 bits per heavy atom. The van der Waals surface area contributed by atoms with Crippen molar-refractivity contribution in [3.8, 4) is 11.1 Å². The average Bonchev–Trinajstić information content (AvgIpc) is 2.68. The van der Waals surface area contributed by atoms with E-state index in [1.165, 1.54) is 13.3 Å². The molecule has 1 fully saturated rings. The fraction of sp³-hybridized carbons (Fsp3) is 0.381. The second kappa shape index (κ2) is 7.56. The summed E-state index contributed by atoms with van der Waals surface area (Å²) < 4.78 is 28.7. The molecule has 1 atom stereocenters. The summed E-state index contributed by atoms with van der Waals surface area (Å²) in [5.41, 5.74) is 2.82. The minimum atomic E-state index is -3.61. The molecule has 2 aromatic rings. The molecule has 28 heavy (non-hydrogen) atoms. The highest BCUT2D eigenvalue weighted by atomic mass is 32.2. The van der Waals surface area contributed by atoms with Crippen molar-refractivity contribution in [1.29, 1.82) is 0 Å². The van der Waals surface area contributed by atoms with Gasteiger partial charge in [0.1, 0.15) is 4.90 Å². The molecular weight excluding hydrogens is 374 g/mol. The summed E-state index contributed by atoms with van der Waals surface area (Å²) in [6.45, 7) is 1.45. The zero-order chi connectivity index (χ0) is 19.7. The van der Waals surface area contributed by atoms with Gasteiger partial charge in [-0.1, -0.05) is 43.5 Å². The highest BCUT2D eigenvalue weighted by molar-refractivity contribution is 7.89. The molecule has 2 aromatic carbocycles. The van der Waals surface area contributed by atoms with Gasteiger partial charge < -0.3 is 10.6 Å². The SMILES string of the molecule is CC(=O)Nc1ccccc1-c1ccc2c(c1)S(=O)(=O)NC(C1CCCCC1)N2. The van der Waals surface area contributed by atoms with Crippen LogP contribution in [-0.4, -0.2) is 20.5 Å². The first-order chi connectivity index (χ1) is 13.4. The quantitative estimate of drug-likeness (QED) is 0.730. The van der Waals surface area contributed by atoms with E-state index in [4.69, 9.17) is 0 Å². The molecule has 4 rings (SSSR count). The Morgan fingerprint density at radius 1 is 1.07 bits per heavy atom. The lowest BCUT2D eigenvalue weighted by Gasteiger charge is -2.35. The lowest BCUT2D eigenvalue weighted by molar-refractivity contribution is -0.114. The van der Waals surface area contributed by atoms with Gasteiger partial charge in [-0.25, -0.2) is 8.42 Å². The standard InChI is InChI=1S/C21H25N3O3S/c1-14(25)22-18-10-6-5-9-17(18)16-11-12-19-20(13-16)28(26,27)24-21(23-19)15-7-3-2-4-8-15/h5-6,9-13,15,21,23-24H,2-4,7-8H2,1H3,(H,22,25). The molecule has 1 amide bonds. The molecule has 6 nitrogen and oxygen atoms in total. The number of para-hydroxylation sites is 1. The lowest BCUT2D eigenvalue weighted by Crippen LogP contribution is -2.49. The summed E-state index contributed by atoms with van der Waals surface area (Å²) >= 11 is 0. The van der Waals surface area contributed by atoms with Crippen LogP contribution in [0.15, 0.2) is 47.4 Å². The molecule has 1 aliphatic carbocycles. The molecule has 0 spiro atoms. The number of fused-ring (bicyclic) bond motifs is 1. The van der Waals surface area contributed by atoms with Gasteiger partial charge in [0, 0.05) is 18.2 Å². The van der Waals surface area contributed by atoms with Crippen molar-refractivity contribution in [3.63, 3.8) is 0 Å². The number of hydrogen-bond donors (Lipinski definition) is 3. The van der Waals surface area contributed by atoms with Gasteiger partial charge in [0.15, 0.2) is 0 Å². The van der Waals surface area contributed by atoms with E-state index in [2.05, 4.69) is 15.4 Å². The number of nitrogens with one attached hydrogen (secondary N) is 3. The van der Waals surface area contributed by atoms with Crippen molar-refractivity contribution < 1.29 is 13.2 Å². The molecule has 1 heterocycles. The number of benzene rings is 2. The lowest BCUT2D eigenvalue weighted by atomic mass is 9.87. The first-order valence-corrected chi connectivity index (χ1v) is 11.2. The summed E-state index contributed by atoms with van der Waals surface area (Å²) in [6, 6.07) is 12.8. The maximum Gasteiger partial charge on any atom is 0.244 e. The van der Waals surface area contributed by atoms with Gasteiger partial charge in [-0.05, 0) is 42.5 Å². The van der Waals surface area contributed by atoms with Gasteiger partial charge in [0.2, 0.25) is 15.9 Å². The third kappa shape index (κ3) is 3.77. The molecule has 2 aliphatic rings. The summed E-state index contributed by atoms with van der Waals surface area (Å²) in [5.74, 6) is 0.147. The fourth-order valence-electron chi connectivity index (χ4n) is 4.17. The van der Waals surface area contributed by atoms with Crippen molar-refractivity contribution in [3.05, 3.63) is 42.5 Å². The summed E-state index contributed by atoms with van der Waals surface area (Å²) in [5, 5.41) is 6.19. The second-order valence-corrected chi connectivity index (χ2v) is 9.26. The minimum Gasteiger partial charge on any atom is -0.368 e. The number of carbonyl (C=O) groups excluding carboxylic acids is 1. The monoisotopic (exact) mass is 399 g/mol. The largest absolute Gasteiger partial charge is 0.368 e. The van der Waals surface area contributed by atoms with Gasteiger partial charge in [-0.2, -0.15) is 4.72 Å². The Bertz CT molecular complexity index is 998. The first-order valence-electron chi connectivity index (χ1n) is 9.74. The Balaban J connectivity index is 1.69. The zero-order valence-corrected chi connectivity index (χ0v) is 16.7. The van der Waals surface area contributed by atoms with Gasteiger partial charge in [-0.3, -0.25) is 4.79 Å². The Morgan fingerprint density at radius 2 is 1.82 bits per heavy atom. The number of carbonyl (C=O) groups is 1. The van der Waals surface area contributed by atoms with Crippen LogP contribution in [0.5, 0.6) is 0 Å². The molecule has 148 valence electrons. The third-order valence-electron chi connectivity index (χ3n) is 5.53. The Hall–Kier alpha value is -2.38. The minimum absolute atomic E-state index is 0.170. The highest BCUT2D eigenvalue weighted by Crippen LogP contribution is 2.37. The molecular formula is C21H25N3O3S. The normalized spacial score (nSPS) is 21.4.